The van der Waals surface area contributed by atoms with Crippen molar-refractivity contribution in [1.29, 1.82) is 0 Å². The summed E-state index contributed by atoms with van der Waals surface area (Å²) < 4.78 is 17.9. The maximum absolute atomic E-state index is 12.9. The predicted molar refractivity (Wildman–Crippen MR) is 54.8 cm³/mol. The van der Waals surface area contributed by atoms with Crippen molar-refractivity contribution in [2.75, 3.05) is 0 Å². The minimum absolute atomic E-state index is 0.0539. The second-order valence-corrected chi connectivity index (χ2v) is 3.42. The molecular formula is C10H8ClFN2O. The van der Waals surface area contributed by atoms with Gasteiger partial charge in [-0.25, -0.2) is 4.39 Å². The van der Waals surface area contributed by atoms with E-state index in [1.165, 1.54) is 12.1 Å². The maximum Gasteiger partial charge on any atom is 0.167 e. The molecule has 0 bridgehead atoms. The molecule has 0 aliphatic heterocycles. The van der Waals surface area contributed by atoms with E-state index in [0.717, 1.165) is 0 Å². The summed E-state index contributed by atoms with van der Waals surface area (Å²) in [5.74, 6) is 0.0660. The highest BCUT2D eigenvalue weighted by molar-refractivity contribution is 6.31. The van der Waals surface area contributed by atoms with Crippen LogP contribution in [0.15, 0.2) is 28.8 Å². The maximum atomic E-state index is 12.9. The largest absolute Gasteiger partial charge is 0.356 e. The SMILES string of the molecule is NCc1cc(-c2ccc(F)c(Cl)c2)on1. The van der Waals surface area contributed by atoms with E-state index in [1.807, 2.05) is 0 Å². The van der Waals surface area contributed by atoms with Crippen molar-refractivity contribution in [3.8, 4) is 11.3 Å². The zero-order valence-corrected chi connectivity index (χ0v) is 8.46. The Balaban J connectivity index is 2.40. The molecule has 5 heteroatoms. The van der Waals surface area contributed by atoms with Crippen molar-refractivity contribution in [3.63, 3.8) is 0 Å². The Morgan fingerprint density at radius 1 is 1.40 bits per heavy atom. The van der Waals surface area contributed by atoms with Crippen LogP contribution in [0.25, 0.3) is 11.3 Å². The molecule has 0 aliphatic carbocycles. The second-order valence-electron chi connectivity index (χ2n) is 3.02. The summed E-state index contributed by atoms with van der Waals surface area (Å²) in [7, 11) is 0. The van der Waals surface area contributed by atoms with Gasteiger partial charge in [0, 0.05) is 18.2 Å². The van der Waals surface area contributed by atoms with Crippen molar-refractivity contribution in [1.82, 2.24) is 5.16 Å². The highest BCUT2D eigenvalue weighted by atomic mass is 35.5. The molecule has 0 fully saturated rings. The van der Waals surface area contributed by atoms with Crippen LogP contribution in [0.3, 0.4) is 0 Å². The molecule has 0 unspecified atom stereocenters. The van der Waals surface area contributed by atoms with Crippen molar-refractivity contribution in [2.45, 2.75) is 6.54 Å². The first-order valence-corrected chi connectivity index (χ1v) is 4.69. The molecule has 2 aromatic rings. The molecule has 78 valence electrons. The molecule has 1 aromatic carbocycles. The Kier molecular flexibility index (Phi) is 2.70. The molecule has 2 rings (SSSR count). The van der Waals surface area contributed by atoms with Crippen LogP contribution in [-0.4, -0.2) is 5.16 Å². The van der Waals surface area contributed by atoms with E-state index in [-0.39, 0.29) is 5.02 Å². The molecular weight excluding hydrogens is 219 g/mol. The lowest BCUT2D eigenvalue weighted by molar-refractivity contribution is 0.424. The fourth-order valence-electron chi connectivity index (χ4n) is 1.19. The van der Waals surface area contributed by atoms with Gasteiger partial charge in [-0.15, -0.1) is 0 Å². The van der Waals surface area contributed by atoms with Crippen LogP contribution in [0, 0.1) is 5.82 Å². The number of hydrogen-bond donors (Lipinski definition) is 1. The summed E-state index contributed by atoms with van der Waals surface area (Å²) in [6, 6.07) is 6.03. The van der Waals surface area contributed by atoms with E-state index in [4.69, 9.17) is 21.9 Å². The van der Waals surface area contributed by atoms with E-state index in [2.05, 4.69) is 5.16 Å². The zero-order valence-electron chi connectivity index (χ0n) is 7.71. The zero-order chi connectivity index (χ0) is 10.8. The topological polar surface area (TPSA) is 52.0 Å². The Hall–Kier alpha value is -1.39. The van der Waals surface area contributed by atoms with Crippen LogP contribution in [0.1, 0.15) is 5.69 Å². The number of rotatable bonds is 2. The fraction of sp³-hybridized carbons (Fsp3) is 0.100. The Labute approximate surface area is 90.6 Å². The van der Waals surface area contributed by atoms with Gasteiger partial charge in [-0.05, 0) is 18.2 Å². The predicted octanol–water partition coefficient (Wildman–Crippen LogP) is 2.59. The number of nitrogens with zero attached hydrogens (tertiary/aromatic N) is 1. The van der Waals surface area contributed by atoms with Crippen LogP contribution in [0.5, 0.6) is 0 Å². The average Bonchev–Trinajstić information content (AvgIpc) is 2.70. The first kappa shape index (κ1) is 10.1. The summed E-state index contributed by atoms with van der Waals surface area (Å²) in [4.78, 5) is 0. The van der Waals surface area contributed by atoms with Crippen LogP contribution in [-0.2, 0) is 6.54 Å². The summed E-state index contributed by atoms with van der Waals surface area (Å²) in [5, 5.41) is 3.78. The third-order valence-electron chi connectivity index (χ3n) is 1.97. The molecule has 0 radical (unpaired) electrons. The first-order chi connectivity index (χ1) is 7.20. The van der Waals surface area contributed by atoms with Gasteiger partial charge < -0.3 is 10.3 Å². The first-order valence-electron chi connectivity index (χ1n) is 4.32. The molecule has 0 aliphatic rings. The van der Waals surface area contributed by atoms with Gasteiger partial charge in [-0.2, -0.15) is 0 Å². The normalized spacial score (nSPS) is 10.6. The summed E-state index contributed by atoms with van der Waals surface area (Å²) in [6.45, 7) is 0.304. The lowest BCUT2D eigenvalue weighted by atomic mass is 10.1. The van der Waals surface area contributed by atoms with Gasteiger partial charge in [0.2, 0.25) is 0 Å². The molecule has 1 aromatic heterocycles. The molecule has 0 saturated carbocycles. The number of hydrogen-bond acceptors (Lipinski definition) is 3. The van der Waals surface area contributed by atoms with Crippen molar-refractivity contribution in [3.05, 3.63) is 40.8 Å². The molecule has 1 heterocycles. The molecule has 0 atom stereocenters. The van der Waals surface area contributed by atoms with Crippen LogP contribution < -0.4 is 5.73 Å². The van der Waals surface area contributed by atoms with Crippen LogP contribution in [0.4, 0.5) is 4.39 Å². The lowest BCUT2D eigenvalue weighted by Crippen LogP contribution is -1.94. The van der Waals surface area contributed by atoms with E-state index < -0.39 is 5.82 Å². The Bertz CT molecular complexity index is 484. The number of aromatic nitrogens is 1. The van der Waals surface area contributed by atoms with Gasteiger partial charge in [0.15, 0.2) is 5.76 Å². The minimum atomic E-state index is -0.459. The standard InChI is InChI=1S/C10H8ClFN2O/c11-8-3-6(1-2-9(8)12)10-4-7(5-13)14-15-10/h1-4H,5,13H2. The smallest absolute Gasteiger partial charge is 0.167 e. The quantitative estimate of drug-likeness (QED) is 0.856. The van der Waals surface area contributed by atoms with E-state index in [1.54, 1.807) is 12.1 Å². The van der Waals surface area contributed by atoms with Crippen molar-refractivity contribution < 1.29 is 8.91 Å². The van der Waals surface area contributed by atoms with Gasteiger partial charge in [0.05, 0.1) is 10.7 Å². The highest BCUT2D eigenvalue weighted by Gasteiger charge is 2.08. The number of benzene rings is 1. The van der Waals surface area contributed by atoms with E-state index >= 15 is 0 Å². The van der Waals surface area contributed by atoms with E-state index in [0.29, 0.717) is 23.6 Å². The fourth-order valence-corrected chi connectivity index (χ4v) is 1.37. The molecule has 2 N–H and O–H groups in total. The number of halogens is 2. The second kappa shape index (κ2) is 4.00. The molecule has 0 spiro atoms. The van der Waals surface area contributed by atoms with Gasteiger partial charge in [-0.3, -0.25) is 0 Å². The monoisotopic (exact) mass is 226 g/mol. The van der Waals surface area contributed by atoms with E-state index in [9.17, 15) is 4.39 Å². The molecule has 3 nitrogen and oxygen atoms in total. The van der Waals surface area contributed by atoms with Gasteiger partial charge in [-0.1, -0.05) is 16.8 Å². The van der Waals surface area contributed by atoms with Crippen molar-refractivity contribution >= 4 is 11.6 Å². The van der Waals surface area contributed by atoms with Gasteiger partial charge >= 0.3 is 0 Å². The van der Waals surface area contributed by atoms with Crippen LogP contribution in [0.2, 0.25) is 5.02 Å². The van der Waals surface area contributed by atoms with Gasteiger partial charge in [0.25, 0.3) is 0 Å². The average molecular weight is 227 g/mol. The van der Waals surface area contributed by atoms with Crippen LogP contribution >= 0.6 is 11.6 Å². The molecule has 0 saturated heterocycles. The minimum Gasteiger partial charge on any atom is -0.356 e. The summed E-state index contributed by atoms with van der Waals surface area (Å²) in [6.07, 6.45) is 0. The summed E-state index contributed by atoms with van der Waals surface area (Å²) in [5.41, 5.74) is 6.71. The molecule has 0 amide bonds. The number of nitrogens with two attached hydrogens (primary N) is 1. The Morgan fingerprint density at radius 3 is 2.80 bits per heavy atom. The van der Waals surface area contributed by atoms with Gasteiger partial charge in [0.1, 0.15) is 5.82 Å². The highest BCUT2D eigenvalue weighted by Crippen LogP contribution is 2.25. The lowest BCUT2D eigenvalue weighted by Gasteiger charge is -1.97. The third kappa shape index (κ3) is 2.00. The molecule has 15 heavy (non-hydrogen) atoms. The third-order valence-corrected chi connectivity index (χ3v) is 2.26. The summed E-state index contributed by atoms with van der Waals surface area (Å²) >= 11 is 5.64. The Morgan fingerprint density at radius 2 is 2.20 bits per heavy atom. The van der Waals surface area contributed by atoms with Crippen molar-refractivity contribution in [2.24, 2.45) is 5.73 Å².